The molecule has 1 rings (SSSR count). The molecule has 1 aromatic rings. The van der Waals surface area contributed by atoms with Gasteiger partial charge in [0.2, 0.25) is 0 Å². The molecule has 0 aliphatic carbocycles. The first-order valence-electron chi connectivity index (χ1n) is 3.58. The van der Waals surface area contributed by atoms with Crippen LogP contribution >= 0.6 is 0 Å². The molecule has 1 nitrogen and oxygen atoms in total. The summed E-state index contributed by atoms with van der Waals surface area (Å²) < 4.78 is 0.341. The number of hydrogen-bond acceptors (Lipinski definition) is 1. The first-order valence-corrected chi connectivity index (χ1v) is 5.83. The maximum absolute atomic E-state index is 9.04. The van der Waals surface area contributed by atoms with Crippen molar-refractivity contribution < 1.29 is 5.11 Å². The topological polar surface area (TPSA) is 20.2 Å². The zero-order chi connectivity index (χ0) is 8.48. The Morgan fingerprint density at radius 2 is 1.64 bits per heavy atom. The number of benzene rings is 1. The quantitative estimate of drug-likeness (QED) is 0.760. The predicted octanol–water partition coefficient (Wildman–Crippen LogP) is 1.26. The van der Waals surface area contributed by atoms with Crippen molar-refractivity contribution in [1.29, 1.82) is 0 Å². The second kappa shape index (κ2) is 3.10. The monoisotopic (exact) mass is 346 g/mol. The van der Waals surface area contributed by atoms with Crippen molar-refractivity contribution in [3.63, 3.8) is 0 Å². The van der Waals surface area contributed by atoms with Gasteiger partial charge in [0, 0.05) is 0 Å². The van der Waals surface area contributed by atoms with Crippen molar-refractivity contribution in [2.75, 3.05) is 0 Å². The van der Waals surface area contributed by atoms with Gasteiger partial charge in [0.25, 0.3) is 0 Å². The summed E-state index contributed by atoms with van der Waals surface area (Å²) >= 11 is 0.928. The third-order valence-corrected chi connectivity index (χ3v) is 2.91. The van der Waals surface area contributed by atoms with Crippen molar-refractivity contribution in [3.05, 3.63) is 29.8 Å². The van der Waals surface area contributed by atoms with Crippen LogP contribution in [0.2, 0.25) is 0 Å². The molecule has 1 aromatic carbocycles. The van der Waals surface area contributed by atoms with Gasteiger partial charge in [0.15, 0.2) is 0 Å². The van der Waals surface area contributed by atoms with Crippen molar-refractivity contribution in [1.82, 2.24) is 0 Å². The van der Waals surface area contributed by atoms with Crippen LogP contribution in [0, 0.1) is 0 Å². The van der Waals surface area contributed by atoms with Crippen LogP contribution in [0.15, 0.2) is 24.3 Å². The summed E-state index contributed by atoms with van der Waals surface area (Å²) in [5.74, 6) is 0.350. The fourth-order valence-corrected chi connectivity index (χ4v) is 1.64. The van der Waals surface area contributed by atoms with E-state index in [1.54, 1.807) is 12.1 Å². The number of rotatable bonds is 1. The minimum absolute atomic E-state index is 0.341. The van der Waals surface area contributed by atoms with Crippen molar-refractivity contribution in [2.24, 2.45) is 0 Å². The molecular formula is C9H13BiO. The Kier molecular flexibility index (Phi) is 2.54. The third-order valence-electron chi connectivity index (χ3n) is 1.61. The van der Waals surface area contributed by atoms with Crippen LogP contribution in [0.3, 0.4) is 0 Å². The Labute approximate surface area is 82.3 Å². The van der Waals surface area contributed by atoms with E-state index in [4.69, 9.17) is 5.11 Å². The molecule has 0 bridgehead atoms. The van der Waals surface area contributed by atoms with E-state index in [0.717, 1.165) is 24.7 Å². The Bertz CT molecular complexity index is 233. The third kappa shape index (κ3) is 2.45. The van der Waals surface area contributed by atoms with Crippen molar-refractivity contribution >= 4 is 24.7 Å². The zero-order valence-corrected chi connectivity index (χ0v) is 11.3. The van der Waals surface area contributed by atoms with Crippen LogP contribution in [0.25, 0.3) is 0 Å². The second-order valence-corrected chi connectivity index (χ2v) is 8.88. The molecular weight excluding hydrogens is 333 g/mol. The number of hydrogen-bond donors (Lipinski definition) is 1. The minimum atomic E-state index is 0.341. The van der Waals surface area contributed by atoms with Gasteiger partial charge in [-0.3, -0.25) is 0 Å². The summed E-state index contributed by atoms with van der Waals surface area (Å²) in [4.78, 5) is 0. The zero-order valence-electron chi connectivity index (χ0n) is 6.83. The normalized spacial score (nSPS) is 11.5. The average Bonchev–Trinajstić information content (AvgIpc) is 1.86. The summed E-state index contributed by atoms with van der Waals surface area (Å²) in [6.07, 6.45) is 0. The van der Waals surface area contributed by atoms with E-state index in [-0.39, 0.29) is 0 Å². The van der Waals surface area contributed by atoms with Crippen LogP contribution < -0.4 is 0 Å². The SMILES string of the molecule is C[C](C)([BiH2])c1ccc(O)cc1. The molecule has 0 unspecified atom stereocenters. The molecule has 1 N–H and O–H groups in total. The molecule has 0 heterocycles. The fourth-order valence-electron chi connectivity index (χ4n) is 0.891. The molecule has 0 aliphatic rings. The first kappa shape index (κ1) is 8.99. The van der Waals surface area contributed by atoms with Crippen LogP contribution in [0.5, 0.6) is 5.75 Å². The van der Waals surface area contributed by atoms with Gasteiger partial charge in [-0.1, -0.05) is 0 Å². The molecule has 0 radical (unpaired) electrons. The van der Waals surface area contributed by atoms with Crippen LogP contribution in [0.1, 0.15) is 19.4 Å². The van der Waals surface area contributed by atoms with Crippen LogP contribution in [-0.4, -0.2) is 29.8 Å². The van der Waals surface area contributed by atoms with Gasteiger partial charge in [0.1, 0.15) is 0 Å². The van der Waals surface area contributed by atoms with E-state index in [1.165, 1.54) is 5.56 Å². The van der Waals surface area contributed by atoms with Gasteiger partial charge in [-0.25, -0.2) is 0 Å². The van der Waals surface area contributed by atoms with Gasteiger partial charge in [-0.05, 0) is 0 Å². The summed E-state index contributed by atoms with van der Waals surface area (Å²) in [5.41, 5.74) is 1.32. The van der Waals surface area contributed by atoms with Crippen molar-refractivity contribution in [3.8, 4) is 5.75 Å². The molecule has 0 saturated carbocycles. The average molecular weight is 346 g/mol. The fraction of sp³-hybridized carbons (Fsp3) is 0.333. The van der Waals surface area contributed by atoms with E-state index in [9.17, 15) is 0 Å². The molecule has 0 saturated heterocycles. The van der Waals surface area contributed by atoms with Crippen molar-refractivity contribution in [2.45, 2.75) is 17.0 Å². The van der Waals surface area contributed by atoms with Gasteiger partial charge < -0.3 is 0 Å². The number of phenolic OH excluding ortho intramolecular Hbond substituents is 1. The second-order valence-electron chi connectivity index (χ2n) is 3.27. The van der Waals surface area contributed by atoms with Crippen LogP contribution in [-0.2, 0) is 3.12 Å². The predicted molar refractivity (Wildman–Crippen MR) is 49.7 cm³/mol. The molecule has 2 heteroatoms. The molecule has 0 fully saturated rings. The van der Waals surface area contributed by atoms with E-state index in [0.29, 0.717) is 8.87 Å². The molecule has 0 amide bonds. The Balaban J connectivity index is 2.99. The van der Waals surface area contributed by atoms with Gasteiger partial charge in [-0.2, -0.15) is 0 Å². The molecule has 0 aromatic heterocycles. The standard InChI is InChI=1S/C9H11O.Bi.2H/c1-7(2)8-3-5-9(10)6-4-8;;;/h3-6,10H,1-2H3;;;. The molecule has 11 heavy (non-hydrogen) atoms. The molecule has 0 spiro atoms. The summed E-state index contributed by atoms with van der Waals surface area (Å²) in [6, 6.07) is 7.49. The first-order chi connectivity index (χ1) is 5.00. The molecule has 60 valence electrons. The van der Waals surface area contributed by atoms with Crippen LogP contribution in [0.4, 0.5) is 0 Å². The molecule has 0 atom stereocenters. The Morgan fingerprint density at radius 1 is 1.18 bits per heavy atom. The van der Waals surface area contributed by atoms with Gasteiger partial charge in [0.05, 0.1) is 0 Å². The van der Waals surface area contributed by atoms with Gasteiger partial charge in [-0.15, -0.1) is 0 Å². The molecule has 0 aliphatic heterocycles. The van der Waals surface area contributed by atoms with E-state index in [2.05, 4.69) is 13.8 Å². The summed E-state index contributed by atoms with van der Waals surface area (Å²) in [5, 5.41) is 9.04. The summed E-state index contributed by atoms with van der Waals surface area (Å²) in [7, 11) is 0. The summed E-state index contributed by atoms with van der Waals surface area (Å²) in [6.45, 7) is 4.45. The van der Waals surface area contributed by atoms with E-state index < -0.39 is 0 Å². The number of aromatic hydroxyl groups is 1. The Morgan fingerprint density at radius 3 is 2.00 bits per heavy atom. The van der Waals surface area contributed by atoms with E-state index in [1.807, 2.05) is 12.1 Å². The Hall–Kier alpha value is -0.0969. The maximum atomic E-state index is 9.04. The van der Waals surface area contributed by atoms with E-state index >= 15 is 0 Å². The number of phenols is 1. The van der Waals surface area contributed by atoms with Gasteiger partial charge >= 0.3 is 82.4 Å².